The SMILES string of the molecule is O=C(O)COCc1nc2cccnc2n1Cc1ccccc1. The molecule has 0 aliphatic rings. The zero-order valence-corrected chi connectivity index (χ0v) is 11.8. The maximum atomic E-state index is 10.6. The summed E-state index contributed by atoms with van der Waals surface area (Å²) in [6.07, 6.45) is 1.72. The molecule has 0 amide bonds. The van der Waals surface area contributed by atoms with Crippen LogP contribution in [0.15, 0.2) is 48.7 Å². The smallest absolute Gasteiger partial charge is 0.329 e. The average molecular weight is 297 g/mol. The molecule has 0 unspecified atom stereocenters. The number of carboxylic acids is 1. The van der Waals surface area contributed by atoms with Crippen LogP contribution in [0.25, 0.3) is 11.2 Å². The summed E-state index contributed by atoms with van der Waals surface area (Å²) in [5.41, 5.74) is 2.65. The van der Waals surface area contributed by atoms with Gasteiger partial charge in [0.2, 0.25) is 0 Å². The largest absolute Gasteiger partial charge is 0.480 e. The molecule has 0 radical (unpaired) electrons. The van der Waals surface area contributed by atoms with Crippen LogP contribution in [0.3, 0.4) is 0 Å². The molecule has 0 atom stereocenters. The molecule has 0 aliphatic carbocycles. The molecule has 0 fully saturated rings. The molecule has 1 aromatic carbocycles. The fourth-order valence-corrected chi connectivity index (χ4v) is 2.28. The van der Waals surface area contributed by atoms with Crippen LogP contribution in [0.5, 0.6) is 0 Å². The third-order valence-electron chi connectivity index (χ3n) is 3.22. The van der Waals surface area contributed by atoms with Crippen molar-refractivity contribution >= 4 is 17.1 Å². The lowest BCUT2D eigenvalue weighted by Gasteiger charge is -2.08. The number of carbonyl (C=O) groups is 1. The highest BCUT2D eigenvalue weighted by Gasteiger charge is 2.12. The van der Waals surface area contributed by atoms with Crippen LogP contribution < -0.4 is 0 Å². The van der Waals surface area contributed by atoms with Gasteiger partial charge in [-0.25, -0.2) is 14.8 Å². The van der Waals surface area contributed by atoms with Gasteiger partial charge >= 0.3 is 5.97 Å². The second-order valence-electron chi connectivity index (χ2n) is 4.83. The van der Waals surface area contributed by atoms with Gasteiger partial charge in [0.25, 0.3) is 0 Å². The lowest BCUT2D eigenvalue weighted by molar-refractivity contribution is -0.142. The first-order valence-corrected chi connectivity index (χ1v) is 6.87. The first-order valence-electron chi connectivity index (χ1n) is 6.87. The van der Waals surface area contributed by atoms with E-state index in [0.717, 1.165) is 16.7 Å². The van der Waals surface area contributed by atoms with Crippen molar-refractivity contribution in [3.8, 4) is 0 Å². The standard InChI is InChI=1S/C16H15N3O3/c20-15(21)11-22-10-14-18-13-7-4-8-17-16(13)19(14)9-12-5-2-1-3-6-12/h1-8H,9-11H2,(H,20,21). The van der Waals surface area contributed by atoms with Gasteiger partial charge in [-0.2, -0.15) is 0 Å². The topological polar surface area (TPSA) is 77.2 Å². The Morgan fingerprint density at radius 1 is 1.18 bits per heavy atom. The molecule has 6 heteroatoms. The highest BCUT2D eigenvalue weighted by atomic mass is 16.5. The van der Waals surface area contributed by atoms with Crippen molar-refractivity contribution in [3.63, 3.8) is 0 Å². The van der Waals surface area contributed by atoms with E-state index in [1.807, 2.05) is 47.0 Å². The van der Waals surface area contributed by atoms with Crippen LogP contribution >= 0.6 is 0 Å². The average Bonchev–Trinajstić information content (AvgIpc) is 2.86. The van der Waals surface area contributed by atoms with Gasteiger partial charge in [-0.05, 0) is 17.7 Å². The number of nitrogens with zero attached hydrogens (tertiary/aromatic N) is 3. The fraction of sp³-hybridized carbons (Fsp3) is 0.188. The van der Waals surface area contributed by atoms with Crippen LogP contribution in [0.1, 0.15) is 11.4 Å². The minimum Gasteiger partial charge on any atom is -0.480 e. The molecule has 112 valence electrons. The minimum atomic E-state index is -0.996. The Bertz CT molecular complexity index is 784. The zero-order chi connectivity index (χ0) is 15.4. The monoisotopic (exact) mass is 297 g/mol. The zero-order valence-electron chi connectivity index (χ0n) is 11.8. The van der Waals surface area contributed by atoms with Crippen LogP contribution in [-0.4, -0.2) is 32.2 Å². The van der Waals surface area contributed by atoms with E-state index in [2.05, 4.69) is 9.97 Å². The first kappa shape index (κ1) is 14.2. The van der Waals surface area contributed by atoms with Gasteiger partial charge in [0, 0.05) is 6.20 Å². The van der Waals surface area contributed by atoms with Crippen molar-refractivity contribution in [1.29, 1.82) is 0 Å². The van der Waals surface area contributed by atoms with Crippen LogP contribution in [-0.2, 0) is 22.7 Å². The number of ether oxygens (including phenoxy) is 1. The lowest BCUT2D eigenvalue weighted by Crippen LogP contribution is -2.11. The molecular weight excluding hydrogens is 282 g/mol. The quantitative estimate of drug-likeness (QED) is 0.753. The van der Waals surface area contributed by atoms with E-state index in [4.69, 9.17) is 9.84 Å². The van der Waals surface area contributed by atoms with Crippen molar-refractivity contribution in [2.45, 2.75) is 13.2 Å². The molecule has 3 aromatic rings. The minimum absolute atomic E-state index is 0.134. The highest BCUT2D eigenvalue weighted by molar-refractivity contribution is 5.71. The Hall–Kier alpha value is -2.73. The summed E-state index contributed by atoms with van der Waals surface area (Å²) in [4.78, 5) is 19.4. The van der Waals surface area contributed by atoms with Crippen molar-refractivity contribution < 1.29 is 14.6 Å². The first-order chi connectivity index (χ1) is 10.7. The molecule has 0 bridgehead atoms. The van der Waals surface area contributed by atoms with E-state index in [0.29, 0.717) is 12.4 Å². The number of carboxylic acid groups (broad SMARTS) is 1. The van der Waals surface area contributed by atoms with Gasteiger partial charge in [0.1, 0.15) is 24.6 Å². The van der Waals surface area contributed by atoms with Gasteiger partial charge in [0.15, 0.2) is 5.65 Å². The predicted molar refractivity (Wildman–Crippen MR) is 80.4 cm³/mol. The number of fused-ring (bicyclic) bond motifs is 1. The van der Waals surface area contributed by atoms with Crippen LogP contribution in [0.2, 0.25) is 0 Å². The Labute approximate surface area is 127 Å². The lowest BCUT2D eigenvalue weighted by atomic mass is 10.2. The third kappa shape index (κ3) is 3.12. The van der Waals surface area contributed by atoms with Crippen LogP contribution in [0, 0.1) is 0 Å². The maximum absolute atomic E-state index is 10.6. The summed E-state index contributed by atoms with van der Waals surface area (Å²) in [6, 6.07) is 13.7. The van der Waals surface area contributed by atoms with Crippen molar-refractivity contribution in [3.05, 3.63) is 60.0 Å². The summed E-state index contributed by atoms with van der Waals surface area (Å²) in [5.74, 6) is -0.331. The van der Waals surface area contributed by atoms with E-state index in [9.17, 15) is 4.79 Å². The number of hydrogen-bond acceptors (Lipinski definition) is 4. The number of imidazole rings is 1. The molecule has 2 heterocycles. The molecule has 0 saturated heterocycles. The number of benzene rings is 1. The van der Waals surface area contributed by atoms with Crippen molar-refractivity contribution in [1.82, 2.24) is 14.5 Å². The number of pyridine rings is 1. The van der Waals surface area contributed by atoms with Gasteiger partial charge in [0.05, 0.1) is 6.54 Å². The second-order valence-corrected chi connectivity index (χ2v) is 4.83. The summed E-state index contributed by atoms with van der Waals surface area (Å²) in [5, 5.41) is 8.67. The second kappa shape index (κ2) is 6.36. The van der Waals surface area contributed by atoms with E-state index in [-0.39, 0.29) is 13.2 Å². The van der Waals surface area contributed by atoms with E-state index in [1.165, 1.54) is 0 Å². The Morgan fingerprint density at radius 3 is 2.77 bits per heavy atom. The van der Waals surface area contributed by atoms with Gasteiger partial charge in [-0.1, -0.05) is 30.3 Å². The number of rotatable bonds is 6. The Kier molecular flexibility index (Phi) is 4.11. The predicted octanol–water partition coefficient (Wildman–Crippen LogP) is 2.08. The van der Waals surface area contributed by atoms with E-state index in [1.54, 1.807) is 6.20 Å². The molecule has 2 aromatic heterocycles. The molecule has 0 saturated carbocycles. The van der Waals surface area contributed by atoms with E-state index >= 15 is 0 Å². The third-order valence-corrected chi connectivity index (χ3v) is 3.22. The molecule has 6 nitrogen and oxygen atoms in total. The molecular formula is C16H15N3O3. The number of aromatic nitrogens is 3. The number of hydrogen-bond donors (Lipinski definition) is 1. The summed E-state index contributed by atoms with van der Waals surface area (Å²) < 4.78 is 7.13. The molecule has 0 spiro atoms. The molecule has 1 N–H and O–H groups in total. The van der Waals surface area contributed by atoms with E-state index < -0.39 is 5.97 Å². The number of aliphatic carboxylic acids is 1. The molecule has 3 rings (SSSR count). The highest BCUT2D eigenvalue weighted by Crippen LogP contribution is 2.16. The van der Waals surface area contributed by atoms with Gasteiger partial charge in [-0.15, -0.1) is 0 Å². The van der Waals surface area contributed by atoms with Crippen molar-refractivity contribution in [2.75, 3.05) is 6.61 Å². The Morgan fingerprint density at radius 2 is 2.00 bits per heavy atom. The van der Waals surface area contributed by atoms with Gasteiger partial charge < -0.3 is 14.4 Å². The Balaban J connectivity index is 1.92. The molecule has 0 aliphatic heterocycles. The normalized spacial score (nSPS) is 10.9. The maximum Gasteiger partial charge on any atom is 0.329 e. The summed E-state index contributed by atoms with van der Waals surface area (Å²) in [7, 11) is 0. The summed E-state index contributed by atoms with van der Waals surface area (Å²) in [6.45, 7) is 0.400. The molecule has 22 heavy (non-hydrogen) atoms. The van der Waals surface area contributed by atoms with Gasteiger partial charge in [-0.3, -0.25) is 0 Å². The fourth-order valence-electron chi connectivity index (χ4n) is 2.28. The van der Waals surface area contributed by atoms with Crippen LogP contribution in [0.4, 0.5) is 0 Å². The van der Waals surface area contributed by atoms with Crippen molar-refractivity contribution in [2.24, 2.45) is 0 Å². The summed E-state index contributed by atoms with van der Waals surface area (Å²) >= 11 is 0.